The molecule has 3 rings (SSSR count). The molecule has 1 N–H and O–H groups in total. The number of nitrogens with one attached hydrogen (secondary N) is 1. The number of rotatable bonds is 6. The number of benzene rings is 1. The summed E-state index contributed by atoms with van der Waals surface area (Å²) < 4.78 is 0. The number of hydrogen-bond donors (Lipinski definition) is 1. The van der Waals surface area contributed by atoms with Crippen molar-refractivity contribution in [3.63, 3.8) is 0 Å². The third-order valence-corrected chi connectivity index (χ3v) is 6.07. The highest BCUT2D eigenvalue weighted by Gasteiger charge is 2.28. The number of carbonyl (C=O) groups excluding carboxylic acids is 2. The van der Waals surface area contributed by atoms with Gasteiger partial charge < -0.3 is 10.2 Å². The summed E-state index contributed by atoms with van der Waals surface area (Å²) in [6, 6.07) is 13.8. The summed E-state index contributed by atoms with van der Waals surface area (Å²) in [5.41, 5.74) is 1.23. The van der Waals surface area contributed by atoms with Crippen LogP contribution in [0, 0.1) is 0 Å². The lowest BCUT2D eigenvalue weighted by Gasteiger charge is -2.37. The number of piperazine rings is 1. The second kappa shape index (κ2) is 9.15. The fourth-order valence-corrected chi connectivity index (χ4v) is 4.03. The molecular weight excluding hydrogens is 358 g/mol. The second-order valence-electron chi connectivity index (χ2n) is 7.04. The number of amides is 2. The van der Waals surface area contributed by atoms with Gasteiger partial charge in [0.2, 0.25) is 5.91 Å². The van der Waals surface area contributed by atoms with Gasteiger partial charge in [0.15, 0.2) is 0 Å². The first kappa shape index (κ1) is 19.6. The van der Waals surface area contributed by atoms with E-state index in [0.717, 1.165) is 18.0 Å². The molecule has 1 aliphatic rings. The van der Waals surface area contributed by atoms with E-state index < -0.39 is 0 Å². The molecule has 0 radical (unpaired) electrons. The number of nitrogens with zero attached hydrogens (tertiary/aromatic N) is 2. The minimum atomic E-state index is -0.188. The maximum Gasteiger partial charge on any atom is 0.264 e. The molecule has 1 aromatic carbocycles. The minimum Gasteiger partial charge on any atom is -0.354 e. The molecule has 1 aliphatic heterocycles. The quantitative estimate of drug-likeness (QED) is 0.832. The molecule has 144 valence electrons. The van der Waals surface area contributed by atoms with Gasteiger partial charge in [-0.15, -0.1) is 11.3 Å². The fourth-order valence-electron chi connectivity index (χ4n) is 3.34. The highest BCUT2D eigenvalue weighted by molar-refractivity contribution is 7.12. The van der Waals surface area contributed by atoms with Gasteiger partial charge in [-0.2, -0.15) is 0 Å². The third kappa shape index (κ3) is 4.96. The van der Waals surface area contributed by atoms with Crippen LogP contribution in [0.15, 0.2) is 47.8 Å². The summed E-state index contributed by atoms with van der Waals surface area (Å²) in [6.07, 6.45) is 0. The minimum absolute atomic E-state index is 0.0517. The van der Waals surface area contributed by atoms with Crippen molar-refractivity contribution in [2.75, 3.05) is 32.7 Å². The monoisotopic (exact) mass is 385 g/mol. The Morgan fingerprint density at radius 2 is 1.74 bits per heavy atom. The van der Waals surface area contributed by atoms with E-state index in [-0.39, 0.29) is 23.8 Å². The summed E-state index contributed by atoms with van der Waals surface area (Å²) in [4.78, 5) is 29.8. The van der Waals surface area contributed by atoms with Gasteiger partial charge in [-0.25, -0.2) is 0 Å². The third-order valence-electron chi connectivity index (χ3n) is 5.21. The van der Waals surface area contributed by atoms with E-state index in [4.69, 9.17) is 0 Å². The predicted octanol–water partition coefficient (Wildman–Crippen LogP) is 2.81. The Morgan fingerprint density at radius 1 is 1.04 bits per heavy atom. The van der Waals surface area contributed by atoms with Crippen LogP contribution in [0.5, 0.6) is 0 Å². The smallest absolute Gasteiger partial charge is 0.264 e. The molecule has 0 bridgehead atoms. The van der Waals surface area contributed by atoms with Gasteiger partial charge in [-0.1, -0.05) is 43.3 Å². The van der Waals surface area contributed by atoms with Crippen molar-refractivity contribution in [2.45, 2.75) is 25.8 Å². The average Bonchev–Trinajstić information content (AvgIpc) is 3.26. The molecule has 2 atom stereocenters. The Balaban J connectivity index is 1.45. The Labute approximate surface area is 165 Å². The van der Waals surface area contributed by atoms with Crippen LogP contribution in [0.3, 0.4) is 0 Å². The van der Waals surface area contributed by atoms with Crippen molar-refractivity contribution < 1.29 is 9.59 Å². The summed E-state index contributed by atoms with van der Waals surface area (Å²) in [5.74, 6) is 0.428. The zero-order chi connectivity index (χ0) is 19.2. The summed E-state index contributed by atoms with van der Waals surface area (Å²) in [6.45, 7) is 7.46. The first-order chi connectivity index (χ1) is 13.1. The summed E-state index contributed by atoms with van der Waals surface area (Å²) in [7, 11) is 0. The standard InChI is InChI=1S/C21H27N3O2S/c1-16(18-7-4-3-5-8-18)15-22-20(25)17(2)23-10-12-24(13-11-23)21(26)19-9-6-14-27-19/h3-9,14,16-17H,10-13,15H2,1-2H3,(H,22,25)/t16-,17-/m0/s1. The van der Waals surface area contributed by atoms with Gasteiger partial charge in [-0.05, 0) is 29.9 Å². The lowest BCUT2D eigenvalue weighted by atomic mass is 10.0. The van der Waals surface area contributed by atoms with Crippen molar-refractivity contribution >= 4 is 23.2 Å². The normalized spacial score (nSPS) is 17.3. The molecule has 1 saturated heterocycles. The topological polar surface area (TPSA) is 52.7 Å². The molecule has 1 fully saturated rings. The van der Waals surface area contributed by atoms with Crippen molar-refractivity contribution in [3.8, 4) is 0 Å². The van der Waals surface area contributed by atoms with Gasteiger partial charge in [0.25, 0.3) is 5.91 Å². The molecule has 2 amide bonds. The van der Waals surface area contributed by atoms with Crippen LogP contribution in [-0.2, 0) is 4.79 Å². The van der Waals surface area contributed by atoms with Crippen LogP contribution < -0.4 is 5.32 Å². The zero-order valence-corrected chi connectivity index (χ0v) is 16.7. The van der Waals surface area contributed by atoms with Crippen LogP contribution in [0.2, 0.25) is 0 Å². The molecule has 5 nitrogen and oxygen atoms in total. The lowest BCUT2D eigenvalue weighted by molar-refractivity contribution is -0.126. The van der Waals surface area contributed by atoms with Gasteiger partial charge in [-0.3, -0.25) is 14.5 Å². The van der Waals surface area contributed by atoms with Gasteiger partial charge >= 0.3 is 0 Å². The van der Waals surface area contributed by atoms with Gasteiger partial charge in [0.1, 0.15) is 0 Å². The molecule has 2 aromatic rings. The predicted molar refractivity (Wildman–Crippen MR) is 109 cm³/mol. The number of hydrogen-bond acceptors (Lipinski definition) is 4. The Bertz CT molecular complexity index is 740. The van der Waals surface area contributed by atoms with Gasteiger partial charge in [0, 0.05) is 32.7 Å². The van der Waals surface area contributed by atoms with E-state index in [1.165, 1.54) is 16.9 Å². The molecule has 2 heterocycles. The van der Waals surface area contributed by atoms with Crippen LogP contribution in [0.1, 0.15) is 35.0 Å². The molecular formula is C21H27N3O2S. The molecule has 0 aliphatic carbocycles. The molecule has 0 spiro atoms. The van der Waals surface area contributed by atoms with Gasteiger partial charge in [0.05, 0.1) is 10.9 Å². The van der Waals surface area contributed by atoms with E-state index in [2.05, 4.69) is 29.3 Å². The first-order valence-electron chi connectivity index (χ1n) is 9.45. The molecule has 0 unspecified atom stereocenters. The summed E-state index contributed by atoms with van der Waals surface area (Å²) in [5, 5.41) is 5.00. The van der Waals surface area contributed by atoms with Crippen molar-refractivity contribution in [3.05, 3.63) is 58.3 Å². The average molecular weight is 386 g/mol. The Morgan fingerprint density at radius 3 is 2.37 bits per heavy atom. The van der Waals surface area contributed by atoms with Crippen molar-refractivity contribution in [1.82, 2.24) is 15.1 Å². The van der Waals surface area contributed by atoms with Crippen LogP contribution in [-0.4, -0.2) is 60.4 Å². The van der Waals surface area contributed by atoms with E-state index in [0.29, 0.717) is 19.6 Å². The van der Waals surface area contributed by atoms with Crippen LogP contribution >= 0.6 is 11.3 Å². The number of thiophene rings is 1. The second-order valence-corrected chi connectivity index (χ2v) is 7.99. The molecule has 27 heavy (non-hydrogen) atoms. The fraction of sp³-hybridized carbons (Fsp3) is 0.429. The highest BCUT2D eigenvalue weighted by Crippen LogP contribution is 2.16. The van der Waals surface area contributed by atoms with Crippen molar-refractivity contribution in [1.29, 1.82) is 0 Å². The maximum absolute atomic E-state index is 12.5. The zero-order valence-electron chi connectivity index (χ0n) is 15.9. The Hall–Kier alpha value is -2.18. The van der Waals surface area contributed by atoms with E-state index in [1.807, 2.05) is 47.5 Å². The highest BCUT2D eigenvalue weighted by atomic mass is 32.1. The molecule has 6 heteroatoms. The van der Waals surface area contributed by atoms with Crippen LogP contribution in [0.4, 0.5) is 0 Å². The molecule has 0 saturated carbocycles. The largest absolute Gasteiger partial charge is 0.354 e. The first-order valence-corrected chi connectivity index (χ1v) is 10.3. The SMILES string of the molecule is C[C@@H](CNC(=O)[C@H](C)N1CCN(C(=O)c2cccs2)CC1)c1ccccc1. The van der Waals surface area contributed by atoms with E-state index in [1.54, 1.807) is 0 Å². The number of carbonyl (C=O) groups is 2. The Kier molecular flexibility index (Phi) is 6.63. The maximum atomic E-state index is 12.5. The molecule has 1 aromatic heterocycles. The van der Waals surface area contributed by atoms with Crippen molar-refractivity contribution in [2.24, 2.45) is 0 Å². The van der Waals surface area contributed by atoms with E-state index >= 15 is 0 Å². The lowest BCUT2D eigenvalue weighted by Crippen LogP contribution is -2.55. The summed E-state index contributed by atoms with van der Waals surface area (Å²) >= 11 is 1.48. The van der Waals surface area contributed by atoms with E-state index in [9.17, 15) is 9.59 Å². The van der Waals surface area contributed by atoms with Crippen LogP contribution in [0.25, 0.3) is 0 Å².